The minimum Gasteiger partial charge on any atom is -0.490 e. The molecular formula is C23H24BrNO5S. The Balaban J connectivity index is 1.82. The monoisotopic (exact) mass is 505 g/mol. The van der Waals surface area contributed by atoms with Crippen molar-refractivity contribution in [3.05, 3.63) is 62.5 Å². The number of ether oxygens (including phenoxy) is 3. The van der Waals surface area contributed by atoms with E-state index in [1.54, 1.807) is 6.08 Å². The molecule has 0 atom stereocenters. The summed E-state index contributed by atoms with van der Waals surface area (Å²) in [5, 5.41) is -0.296. The lowest BCUT2D eigenvalue weighted by molar-refractivity contribution is -0.123. The molecule has 0 spiro atoms. The highest BCUT2D eigenvalue weighted by atomic mass is 79.9. The molecule has 31 heavy (non-hydrogen) atoms. The Morgan fingerprint density at radius 1 is 1.13 bits per heavy atom. The summed E-state index contributed by atoms with van der Waals surface area (Å²) in [6.07, 6.45) is 1.69. The normalized spacial score (nSPS) is 15.1. The molecule has 2 amide bonds. The van der Waals surface area contributed by atoms with E-state index in [-0.39, 0.29) is 17.7 Å². The molecule has 1 aliphatic rings. The fourth-order valence-corrected chi connectivity index (χ4v) is 4.38. The molecule has 1 aliphatic heterocycles. The van der Waals surface area contributed by atoms with Crippen LogP contribution in [-0.2, 0) is 16.1 Å². The van der Waals surface area contributed by atoms with Gasteiger partial charge in [-0.2, -0.15) is 0 Å². The molecule has 0 N–H and O–H groups in total. The molecule has 0 aliphatic carbocycles. The summed E-state index contributed by atoms with van der Waals surface area (Å²) in [5.74, 6) is 0.836. The Morgan fingerprint density at radius 3 is 2.55 bits per heavy atom. The highest BCUT2D eigenvalue weighted by molar-refractivity contribution is 9.10. The van der Waals surface area contributed by atoms with Crippen molar-refractivity contribution in [3.63, 3.8) is 0 Å². The van der Waals surface area contributed by atoms with Gasteiger partial charge >= 0.3 is 0 Å². The number of carbonyl (C=O) groups is 2. The van der Waals surface area contributed by atoms with Crippen LogP contribution in [0.4, 0.5) is 4.79 Å². The summed E-state index contributed by atoms with van der Waals surface area (Å²) in [7, 11) is 1.53. The average Bonchev–Trinajstić information content (AvgIpc) is 3.00. The van der Waals surface area contributed by atoms with Gasteiger partial charge in [0.25, 0.3) is 11.1 Å². The zero-order valence-electron chi connectivity index (χ0n) is 17.6. The molecule has 164 valence electrons. The number of amides is 2. The van der Waals surface area contributed by atoms with Crippen LogP contribution in [0.3, 0.4) is 0 Å². The first kappa shape index (κ1) is 23.4. The third-order valence-electron chi connectivity index (χ3n) is 4.53. The second kappa shape index (κ2) is 10.8. The Labute approximate surface area is 194 Å². The average molecular weight is 506 g/mol. The van der Waals surface area contributed by atoms with Gasteiger partial charge in [-0.25, -0.2) is 0 Å². The van der Waals surface area contributed by atoms with E-state index in [2.05, 4.69) is 15.9 Å². The highest BCUT2D eigenvalue weighted by Crippen LogP contribution is 2.39. The van der Waals surface area contributed by atoms with Gasteiger partial charge in [-0.1, -0.05) is 29.8 Å². The van der Waals surface area contributed by atoms with Crippen LogP contribution in [0, 0.1) is 6.92 Å². The zero-order valence-corrected chi connectivity index (χ0v) is 20.0. The quantitative estimate of drug-likeness (QED) is 0.424. The van der Waals surface area contributed by atoms with Crippen LogP contribution in [0.15, 0.2) is 45.8 Å². The molecule has 0 bridgehead atoms. The summed E-state index contributed by atoms with van der Waals surface area (Å²) >= 11 is 4.48. The van der Waals surface area contributed by atoms with Gasteiger partial charge in [-0.05, 0) is 70.9 Å². The van der Waals surface area contributed by atoms with Crippen molar-refractivity contribution in [3.8, 4) is 11.5 Å². The molecule has 0 radical (unpaired) electrons. The lowest BCUT2D eigenvalue weighted by Gasteiger charge is -2.15. The van der Waals surface area contributed by atoms with Crippen molar-refractivity contribution in [2.75, 3.05) is 26.9 Å². The number of nitrogens with zero attached hydrogens (tertiary/aromatic N) is 1. The van der Waals surface area contributed by atoms with Crippen molar-refractivity contribution < 1.29 is 23.8 Å². The first-order valence-corrected chi connectivity index (χ1v) is 11.4. The number of halogens is 1. The predicted molar refractivity (Wildman–Crippen MR) is 125 cm³/mol. The Bertz CT molecular complexity index is 990. The number of benzene rings is 2. The van der Waals surface area contributed by atoms with E-state index in [0.29, 0.717) is 40.7 Å². The minimum absolute atomic E-state index is 0.234. The summed E-state index contributed by atoms with van der Waals surface area (Å²) < 4.78 is 17.5. The highest BCUT2D eigenvalue weighted by Gasteiger charge is 2.34. The van der Waals surface area contributed by atoms with E-state index in [1.807, 2.05) is 50.2 Å². The molecular weight excluding hydrogens is 482 g/mol. The van der Waals surface area contributed by atoms with Crippen LogP contribution in [0.5, 0.6) is 11.5 Å². The molecule has 0 aromatic heterocycles. The molecule has 1 fully saturated rings. The van der Waals surface area contributed by atoms with E-state index in [0.717, 1.165) is 22.9 Å². The van der Waals surface area contributed by atoms with E-state index < -0.39 is 0 Å². The maximum Gasteiger partial charge on any atom is 0.293 e. The van der Waals surface area contributed by atoms with Gasteiger partial charge in [0.05, 0.1) is 29.1 Å². The number of aryl methyl sites for hydroxylation is 1. The molecule has 1 saturated heterocycles. The third kappa shape index (κ3) is 5.90. The van der Waals surface area contributed by atoms with E-state index in [9.17, 15) is 9.59 Å². The predicted octanol–water partition coefficient (Wildman–Crippen LogP) is 5.42. The fraction of sp³-hybridized carbons (Fsp3) is 0.304. The number of hydrogen-bond acceptors (Lipinski definition) is 6. The number of methoxy groups -OCH3 is 1. The first-order valence-electron chi connectivity index (χ1n) is 9.82. The summed E-state index contributed by atoms with van der Waals surface area (Å²) in [4.78, 5) is 26.3. The SMILES string of the molecule is CCOc1cc(/C=C2/SC(=O)N(CCOC)C2=O)cc(Br)c1OCc1ccc(C)cc1. The van der Waals surface area contributed by atoms with Gasteiger partial charge in [0.2, 0.25) is 0 Å². The van der Waals surface area contributed by atoms with Gasteiger partial charge in [0.1, 0.15) is 6.61 Å². The third-order valence-corrected chi connectivity index (χ3v) is 6.02. The van der Waals surface area contributed by atoms with Crippen LogP contribution >= 0.6 is 27.7 Å². The minimum atomic E-state index is -0.319. The molecule has 3 rings (SSSR count). The Kier molecular flexibility index (Phi) is 8.17. The molecule has 1 heterocycles. The number of carbonyl (C=O) groups excluding carboxylic acids is 2. The lowest BCUT2D eigenvalue weighted by atomic mass is 10.1. The fourth-order valence-electron chi connectivity index (χ4n) is 2.94. The number of imide groups is 1. The molecule has 0 saturated carbocycles. The van der Waals surface area contributed by atoms with E-state index in [4.69, 9.17) is 14.2 Å². The van der Waals surface area contributed by atoms with Gasteiger partial charge in [-0.15, -0.1) is 0 Å². The molecule has 2 aromatic rings. The maximum absolute atomic E-state index is 12.6. The zero-order chi connectivity index (χ0) is 22.4. The number of hydrogen-bond donors (Lipinski definition) is 0. The van der Waals surface area contributed by atoms with Gasteiger partial charge in [0.15, 0.2) is 11.5 Å². The maximum atomic E-state index is 12.6. The molecule has 2 aromatic carbocycles. The van der Waals surface area contributed by atoms with Gasteiger partial charge < -0.3 is 14.2 Å². The molecule has 8 heteroatoms. The molecule has 0 unspecified atom stereocenters. The van der Waals surface area contributed by atoms with Gasteiger partial charge in [0, 0.05) is 7.11 Å². The van der Waals surface area contributed by atoms with Crippen LogP contribution in [0.1, 0.15) is 23.6 Å². The van der Waals surface area contributed by atoms with Gasteiger partial charge in [-0.3, -0.25) is 14.5 Å². The summed E-state index contributed by atoms with van der Waals surface area (Å²) in [5.41, 5.74) is 2.97. The summed E-state index contributed by atoms with van der Waals surface area (Å²) in [6.45, 7) is 5.34. The topological polar surface area (TPSA) is 65.1 Å². The lowest BCUT2D eigenvalue weighted by Crippen LogP contribution is -2.31. The summed E-state index contributed by atoms with van der Waals surface area (Å²) in [6, 6.07) is 11.8. The Hall–Kier alpha value is -2.29. The smallest absolute Gasteiger partial charge is 0.293 e. The van der Waals surface area contributed by atoms with E-state index >= 15 is 0 Å². The molecule has 6 nitrogen and oxygen atoms in total. The van der Waals surface area contributed by atoms with Crippen LogP contribution < -0.4 is 9.47 Å². The second-order valence-corrected chi connectivity index (χ2v) is 8.71. The van der Waals surface area contributed by atoms with Crippen LogP contribution in [-0.4, -0.2) is 42.9 Å². The number of thioether (sulfide) groups is 1. The first-order chi connectivity index (χ1) is 14.9. The Morgan fingerprint density at radius 2 is 1.87 bits per heavy atom. The van der Waals surface area contributed by atoms with E-state index in [1.165, 1.54) is 17.6 Å². The van der Waals surface area contributed by atoms with Crippen molar-refractivity contribution >= 4 is 44.9 Å². The second-order valence-electron chi connectivity index (χ2n) is 6.86. The van der Waals surface area contributed by atoms with Crippen LogP contribution in [0.2, 0.25) is 0 Å². The van der Waals surface area contributed by atoms with Crippen molar-refractivity contribution in [1.29, 1.82) is 0 Å². The largest absolute Gasteiger partial charge is 0.490 e. The number of rotatable bonds is 9. The van der Waals surface area contributed by atoms with Crippen LogP contribution in [0.25, 0.3) is 6.08 Å². The van der Waals surface area contributed by atoms with Crippen molar-refractivity contribution in [1.82, 2.24) is 4.90 Å². The van der Waals surface area contributed by atoms with Crippen molar-refractivity contribution in [2.24, 2.45) is 0 Å². The standard InChI is InChI=1S/C23H24BrNO5S/c1-4-29-19-12-17(13-20-22(26)25(9-10-28-3)23(27)31-20)11-18(24)21(19)30-14-16-7-5-15(2)6-8-16/h5-8,11-13H,4,9-10,14H2,1-3H3/b20-13+. The van der Waals surface area contributed by atoms with Crippen molar-refractivity contribution in [2.45, 2.75) is 20.5 Å².